The molecule has 1 aromatic rings. The summed E-state index contributed by atoms with van der Waals surface area (Å²) in [7, 11) is 0. The average molecular weight is 283 g/mol. The number of hydrogen-bond donors (Lipinski definition) is 2. The summed E-state index contributed by atoms with van der Waals surface area (Å²) in [6.07, 6.45) is 3.42. The minimum absolute atomic E-state index is 0.116. The number of carbonyl (C=O) groups is 1. The van der Waals surface area contributed by atoms with Crippen molar-refractivity contribution in [3.8, 4) is 0 Å². The number of hydrogen-bond acceptors (Lipinski definition) is 1. The molecule has 1 aliphatic rings. The molecule has 1 fully saturated rings. The lowest BCUT2D eigenvalue weighted by Crippen LogP contribution is -2.41. The second-order valence-corrected chi connectivity index (χ2v) is 5.06. The number of carbonyl (C=O) groups excluding carboxylic acids is 1. The fourth-order valence-corrected chi connectivity index (χ4v) is 2.21. The van der Waals surface area contributed by atoms with E-state index in [1.165, 1.54) is 6.42 Å². The van der Waals surface area contributed by atoms with Crippen LogP contribution in [0.25, 0.3) is 0 Å². The molecule has 2 N–H and O–H groups in total. The number of aryl methyl sites for hydroxylation is 1. The molecular weight excluding hydrogens is 268 g/mol. The molecule has 0 aromatic heterocycles. The zero-order chi connectivity index (χ0) is 11.5. The smallest absolute Gasteiger partial charge is 0.319 e. The van der Waals surface area contributed by atoms with Gasteiger partial charge < -0.3 is 10.6 Å². The molecule has 0 radical (unpaired) electrons. The lowest BCUT2D eigenvalue weighted by Gasteiger charge is -2.26. The molecule has 0 spiro atoms. The van der Waals surface area contributed by atoms with Gasteiger partial charge in [0.15, 0.2) is 0 Å². The van der Waals surface area contributed by atoms with Crippen molar-refractivity contribution in [1.82, 2.24) is 5.32 Å². The molecule has 0 heterocycles. The molecule has 0 atom stereocenters. The van der Waals surface area contributed by atoms with Crippen LogP contribution >= 0.6 is 15.9 Å². The Labute approximate surface area is 104 Å². The Balaban J connectivity index is 1.94. The van der Waals surface area contributed by atoms with Crippen molar-refractivity contribution in [1.29, 1.82) is 0 Å². The number of benzene rings is 1. The molecule has 86 valence electrons. The molecule has 2 rings (SSSR count). The highest BCUT2D eigenvalue weighted by molar-refractivity contribution is 9.10. The zero-order valence-corrected chi connectivity index (χ0v) is 10.8. The number of amides is 2. The van der Waals surface area contributed by atoms with Crippen LogP contribution in [0.5, 0.6) is 0 Å². The van der Waals surface area contributed by atoms with Crippen LogP contribution < -0.4 is 10.6 Å². The first-order chi connectivity index (χ1) is 7.65. The Morgan fingerprint density at radius 2 is 2.19 bits per heavy atom. The number of rotatable bonds is 2. The molecule has 0 saturated heterocycles. The van der Waals surface area contributed by atoms with E-state index in [9.17, 15) is 4.79 Å². The Bertz CT molecular complexity index is 402. The normalized spacial score (nSPS) is 15.4. The van der Waals surface area contributed by atoms with Crippen molar-refractivity contribution in [2.45, 2.75) is 32.2 Å². The van der Waals surface area contributed by atoms with Crippen molar-refractivity contribution in [3.05, 3.63) is 28.2 Å². The number of anilines is 1. The summed E-state index contributed by atoms with van der Waals surface area (Å²) in [6, 6.07) is 6.11. The lowest BCUT2D eigenvalue weighted by atomic mass is 9.93. The first-order valence-electron chi connectivity index (χ1n) is 5.49. The van der Waals surface area contributed by atoms with Crippen LogP contribution in [0.3, 0.4) is 0 Å². The third-order valence-corrected chi connectivity index (χ3v) is 3.47. The van der Waals surface area contributed by atoms with Gasteiger partial charge in [0.05, 0.1) is 5.69 Å². The van der Waals surface area contributed by atoms with E-state index < -0.39 is 0 Å². The van der Waals surface area contributed by atoms with E-state index in [1.54, 1.807) is 0 Å². The first-order valence-corrected chi connectivity index (χ1v) is 6.28. The van der Waals surface area contributed by atoms with Gasteiger partial charge in [-0.05, 0) is 59.8 Å². The fraction of sp³-hybridized carbons (Fsp3) is 0.417. The van der Waals surface area contributed by atoms with E-state index in [4.69, 9.17) is 0 Å². The van der Waals surface area contributed by atoms with Gasteiger partial charge >= 0.3 is 6.03 Å². The maximum atomic E-state index is 11.6. The summed E-state index contributed by atoms with van der Waals surface area (Å²) in [5.74, 6) is 0. The predicted octanol–water partition coefficient (Wildman–Crippen LogP) is 3.43. The van der Waals surface area contributed by atoms with Crippen LogP contribution in [-0.2, 0) is 0 Å². The highest BCUT2D eigenvalue weighted by Gasteiger charge is 2.19. The molecule has 3 nitrogen and oxygen atoms in total. The highest BCUT2D eigenvalue weighted by Crippen LogP contribution is 2.23. The molecular formula is C12H15BrN2O. The van der Waals surface area contributed by atoms with E-state index in [1.807, 2.05) is 25.1 Å². The highest BCUT2D eigenvalue weighted by atomic mass is 79.9. The van der Waals surface area contributed by atoms with Crippen molar-refractivity contribution < 1.29 is 4.79 Å². The first kappa shape index (κ1) is 11.5. The molecule has 1 aromatic carbocycles. The number of urea groups is 1. The summed E-state index contributed by atoms with van der Waals surface area (Å²) in [6.45, 7) is 2.02. The van der Waals surface area contributed by atoms with Crippen LogP contribution in [0.1, 0.15) is 24.8 Å². The van der Waals surface area contributed by atoms with E-state index in [2.05, 4.69) is 26.6 Å². The Morgan fingerprint density at radius 3 is 2.75 bits per heavy atom. The number of halogens is 1. The van der Waals surface area contributed by atoms with Crippen molar-refractivity contribution in [2.75, 3.05) is 5.32 Å². The van der Waals surface area contributed by atoms with E-state index in [0.29, 0.717) is 6.04 Å². The monoisotopic (exact) mass is 282 g/mol. The Morgan fingerprint density at radius 1 is 1.44 bits per heavy atom. The largest absolute Gasteiger partial charge is 0.335 e. The van der Waals surface area contributed by atoms with Gasteiger partial charge in [0.1, 0.15) is 0 Å². The van der Waals surface area contributed by atoms with Crippen LogP contribution in [0.2, 0.25) is 0 Å². The molecule has 1 aliphatic carbocycles. The Kier molecular flexibility index (Phi) is 3.49. The summed E-state index contributed by atoms with van der Waals surface area (Å²) in [5, 5.41) is 5.78. The van der Waals surface area contributed by atoms with Gasteiger partial charge in [0.25, 0.3) is 0 Å². The van der Waals surface area contributed by atoms with Gasteiger partial charge in [-0.1, -0.05) is 6.07 Å². The molecule has 0 unspecified atom stereocenters. The van der Waals surface area contributed by atoms with Crippen LogP contribution in [0.4, 0.5) is 10.5 Å². The maximum Gasteiger partial charge on any atom is 0.319 e. The van der Waals surface area contributed by atoms with Crippen molar-refractivity contribution >= 4 is 27.6 Å². The van der Waals surface area contributed by atoms with Gasteiger partial charge in [0, 0.05) is 10.5 Å². The minimum atomic E-state index is -0.116. The van der Waals surface area contributed by atoms with Crippen LogP contribution in [0, 0.1) is 6.92 Å². The van der Waals surface area contributed by atoms with E-state index in [-0.39, 0.29) is 6.03 Å². The van der Waals surface area contributed by atoms with Crippen LogP contribution in [0.15, 0.2) is 22.7 Å². The van der Waals surface area contributed by atoms with Crippen molar-refractivity contribution in [2.24, 2.45) is 0 Å². The molecule has 1 saturated carbocycles. The third-order valence-electron chi connectivity index (χ3n) is 2.81. The van der Waals surface area contributed by atoms with Gasteiger partial charge in [0.2, 0.25) is 0 Å². The number of nitrogens with one attached hydrogen (secondary N) is 2. The summed E-state index contributed by atoms with van der Waals surface area (Å²) >= 11 is 3.43. The molecule has 2 amide bonds. The van der Waals surface area contributed by atoms with Gasteiger partial charge in [-0.25, -0.2) is 4.79 Å². The summed E-state index contributed by atoms with van der Waals surface area (Å²) in [5.41, 5.74) is 1.97. The molecule has 0 aliphatic heterocycles. The summed E-state index contributed by atoms with van der Waals surface area (Å²) < 4.78 is 0.913. The fourth-order valence-electron chi connectivity index (χ4n) is 1.62. The topological polar surface area (TPSA) is 41.1 Å². The van der Waals surface area contributed by atoms with Crippen molar-refractivity contribution in [3.63, 3.8) is 0 Å². The van der Waals surface area contributed by atoms with Gasteiger partial charge in [-0.2, -0.15) is 0 Å². The standard InChI is InChI=1S/C12H15BrN2O/c1-8-5-6-11(10(13)7-8)15-12(16)14-9-3-2-4-9/h5-7,9H,2-4H2,1H3,(H2,14,15,16). The van der Waals surface area contributed by atoms with E-state index in [0.717, 1.165) is 28.6 Å². The SMILES string of the molecule is Cc1ccc(NC(=O)NC2CCC2)c(Br)c1. The molecule has 16 heavy (non-hydrogen) atoms. The Hall–Kier alpha value is -1.03. The zero-order valence-electron chi connectivity index (χ0n) is 9.22. The second kappa shape index (κ2) is 4.87. The average Bonchev–Trinajstić information content (AvgIpc) is 2.16. The maximum absolute atomic E-state index is 11.6. The quantitative estimate of drug-likeness (QED) is 0.857. The lowest BCUT2D eigenvalue weighted by molar-refractivity contribution is 0.240. The van der Waals surface area contributed by atoms with Gasteiger partial charge in [-0.3, -0.25) is 0 Å². The third kappa shape index (κ3) is 2.76. The molecule has 4 heteroatoms. The van der Waals surface area contributed by atoms with Gasteiger partial charge in [-0.15, -0.1) is 0 Å². The van der Waals surface area contributed by atoms with E-state index >= 15 is 0 Å². The molecule has 0 bridgehead atoms. The predicted molar refractivity (Wildman–Crippen MR) is 68.7 cm³/mol. The second-order valence-electron chi connectivity index (χ2n) is 4.21. The minimum Gasteiger partial charge on any atom is -0.335 e. The summed E-state index contributed by atoms with van der Waals surface area (Å²) in [4.78, 5) is 11.6. The van der Waals surface area contributed by atoms with Crippen LogP contribution in [-0.4, -0.2) is 12.1 Å².